The van der Waals surface area contributed by atoms with Crippen LogP contribution in [0.3, 0.4) is 0 Å². The molecule has 0 fully saturated rings. The van der Waals surface area contributed by atoms with E-state index in [1.165, 1.54) is 22.3 Å². The Morgan fingerprint density at radius 1 is 0.355 bits per heavy atom. The highest BCUT2D eigenvalue weighted by Gasteiger charge is 2.43. The van der Waals surface area contributed by atoms with Crippen LogP contribution in [0.2, 0.25) is 0 Å². The molecule has 10 aromatic carbocycles. The molecular formula is C58H39N2OP. The van der Waals surface area contributed by atoms with E-state index in [0.29, 0.717) is 0 Å². The van der Waals surface area contributed by atoms with Gasteiger partial charge in [0.05, 0.1) is 11.0 Å². The molecule has 1 aliphatic heterocycles. The Bertz CT molecular complexity index is 3420. The summed E-state index contributed by atoms with van der Waals surface area (Å²) in [5, 5.41) is 7.22. The smallest absolute Gasteiger partial charge is 0.172 e. The van der Waals surface area contributed by atoms with Crippen LogP contribution in [0.1, 0.15) is 0 Å². The summed E-state index contributed by atoms with van der Waals surface area (Å²) >= 11 is 0. The zero-order valence-corrected chi connectivity index (χ0v) is 34.7. The maximum Gasteiger partial charge on any atom is 0.172 e. The Kier molecular flexibility index (Phi) is 8.45. The van der Waals surface area contributed by atoms with E-state index in [2.05, 4.69) is 216 Å². The largest absolute Gasteiger partial charge is 0.311 e. The van der Waals surface area contributed by atoms with Crippen molar-refractivity contribution in [2.75, 3.05) is 4.90 Å². The summed E-state index contributed by atoms with van der Waals surface area (Å²) in [7, 11) is -3.22. The molecule has 62 heavy (non-hydrogen) atoms. The van der Waals surface area contributed by atoms with Crippen LogP contribution in [0.25, 0.3) is 71.6 Å². The second kappa shape index (κ2) is 14.5. The van der Waals surface area contributed by atoms with Crippen molar-refractivity contribution in [3.8, 4) is 39.1 Å². The van der Waals surface area contributed by atoms with Crippen LogP contribution in [0.15, 0.2) is 237 Å². The molecule has 12 rings (SSSR count). The molecule has 0 spiro atoms. The SMILES string of the molecule is O=P1(c2ccccc2)c2ccc3ccccc3c2-c2c1ccc1c3ccccc3n(-c3ccc(N(c4ccc(-c5ccccc5)cc4)c4ccc(-c5ccccc5)cc4)cc3)c21. The van der Waals surface area contributed by atoms with Gasteiger partial charge in [-0.15, -0.1) is 0 Å². The number of aromatic nitrogens is 1. The van der Waals surface area contributed by atoms with E-state index in [1.54, 1.807) is 0 Å². The van der Waals surface area contributed by atoms with Gasteiger partial charge in [0.15, 0.2) is 7.14 Å². The lowest BCUT2D eigenvalue weighted by Gasteiger charge is -2.26. The summed E-state index contributed by atoms with van der Waals surface area (Å²) < 4.78 is 18.4. The molecule has 0 N–H and O–H groups in total. The van der Waals surface area contributed by atoms with Crippen LogP contribution in [-0.4, -0.2) is 4.57 Å². The summed E-state index contributed by atoms with van der Waals surface area (Å²) in [5.74, 6) is 0. The first kappa shape index (κ1) is 36.2. The Labute approximate surface area is 360 Å². The van der Waals surface area contributed by atoms with Crippen LogP contribution in [0.4, 0.5) is 17.1 Å². The molecule has 1 atom stereocenters. The number of nitrogens with zero attached hydrogens (tertiary/aromatic N) is 2. The molecule has 1 unspecified atom stereocenters. The zero-order valence-electron chi connectivity index (χ0n) is 33.8. The minimum absolute atomic E-state index is 0.857. The van der Waals surface area contributed by atoms with Crippen molar-refractivity contribution >= 4 is 72.7 Å². The highest BCUT2D eigenvalue weighted by Crippen LogP contribution is 2.56. The molecule has 1 aromatic heterocycles. The van der Waals surface area contributed by atoms with Gasteiger partial charge in [0.2, 0.25) is 0 Å². The molecule has 3 nitrogen and oxygen atoms in total. The van der Waals surface area contributed by atoms with E-state index in [-0.39, 0.29) is 0 Å². The van der Waals surface area contributed by atoms with Gasteiger partial charge in [-0.25, -0.2) is 0 Å². The fraction of sp³-hybridized carbons (Fsp3) is 0. The molecule has 292 valence electrons. The lowest BCUT2D eigenvalue weighted by molar-refractivity contribution is 0.593. The van der Waals surface area contributed by atoms with E-state index >= 15 is 4.57 Å². The van der Waals surface area contributed by atoms with Gasteiger partial charge < -0.3 is 14.0 Å². The number of fused-ring (bicyclic) bond motifs is 9. The zero-order chi connectivity index (χ0) is 41.2. The number of rotatable bonds is 7. The third-order valence-corrected chi connectivity index (χ3v) is 15.7. The molecule has 0 radical (unpaired) electrons. The molecular weight excluding hydrogens is 772 g/mol. The third-order valence-electron chi connectivity index (χ3n) is 12.6. The van der Waals surface area contributed by atoms with Crippen molar-refractivity contribution < 1.29 is 4.57 Å². The van der Waals surface area contributed by atoms with Crippen LogP contribution >= 0.6 is 7.14 Å². The van der Waals surface area contributed by atoms with E-state index in [9.17, 15) is 0 Å². The number of benzene rings is 10. The molecule has 11 aromatic rings. The summed E-state index contributed by atoms with van der Waals surface area (Å²) in [5.41, 5.74) is 13.3. The predicted octanol–water partition coefficient (Wildman–Crippen LogP) is 14.4. The predicted molar refractivity (Wildman–Crippen MR) is 262 cm³/mol. The molecule has 0 aliphatic carbocycles. The Hall–Kier alpha value is -7.71. The molecule has 0 saturated carbocycles. The fourth-order valence-corrected chi connectivity index (χ4v) is 12.8. The van der Waals surface area contributed by atoms with Crippen molar-refractivity contribution in [3.63, 3.8) is 0 Å². The molecule has 0 saturated heterocycles. The lowest BCUT2D eigenvalue weighted by Crippen LogP contribution is -2.20. The van der Waals surface area contributed by atoms with E-state index in [4.69, 9.17) is 0 Å². The highest BCUT2D eigenvalue weighted by atomic mass is 31.2. The van der Waals surface area contributed by atoms with Crippen molar-refractivity contribution in [2.24, 2.45) is 0 Å². The van der Waals surface area contributed by atoms with Crippen LogP contribution in [0.5, 0.6) is 0 Å². The number of para-hydroxylation sites is 1. The highest BCUT2D eigenvalue weighted by molar-refractivity contribution is 7.86. The van der Waals surface area contributed by atoms with Crippen molar-refractivity contribution in [3.05, 3.63) is 237 Å². The third kappa shape index (κ3) is 5.63. The summed E-state index contributed by atoms with van der Waals surface area (Å²) in [4.78, 5) is 2.33. The minimum atomic E-state index is -3.22. The Morgan fingerprint density at radius 2 is 0.823 bits per heavy atom. The Balaban J connectivity index is 1.05. The normalized spacial score (nSPS) is 14.3. The second-order valence-corrected chi connectivity index (χ2v) is 18.7. The average molecular weight is 811 g/mol. The summed E-state index contributed by atoms with van der Waals surface area (Å²) in [6.07, 6.45) is 0. The van der Waals surface area contributed by atoms with Gasteiger partial charge in [-0.2, -0.15) is 0 Å². The van der Waals surface area contributed by atoms with Gasteiger partial charge in [-0.3, -0.25) is 0 Å². The molecule has 1 aliphatic rings. The van der Waals surface area contributed by atoms with Gasteiger partial charge in [-0.05, 0) is 99.8 Å². The monoisotopic (exact) mass is 810 g/mol. The molecule has 0 amide bonds. The van der Waals surface area contributed by atoms with Gasteiger partial charge >= 0.3 is 0 Å². The number of anilines is 3. The summed E-state index contributed by atoms with van der Waals surface area (Å²) in [6.45, 7) is 0. The molecule has 2 heterocycles. The van der Waals surface area contributed by atoms with Crippen LogP contribution < -0.4 is 20.8 Å². The first-order chi connectivity index (χ1) is 30.6. The quantitative estimate of drug-likeness (QED) is 0.150. The molecule has 0 bridgehead atoms. The van der Waals surface area contributed by atoms with Crippen LogP contribution in [-0.2, 0) is 4.57 Å². The van der Waals surface area contributed by atoms with Crippen LogP contribution in [0, 0.1) is 0 Å². The maximum atomic E-state index is 16.0. The van der Waals surface area contributed by atoms with Crippen molar-refractivity contribution in [1.29, 1.82) is 0 Å². The minimum Gasteiger partial charge on any atom is -0.311 e. The standard InChI is InChI=1S/C58H39N2OP/c61-62(49-19-8-3-9-20-49)54-38-28-44-18-10-11-21-50(44)56(54)57-55(62)39-37-52-51-22-12-13-23-53(51)60(58(52)57)48-35-33-47(34-36-48)59(45-29-24-42(25-30-45)40-14-4-1-5-15-40)46-31-26-43(27-32-46)41-16-6-2-7-17-41/h1-39H. The van der Waals surface area contributed by atoms with Gasteiger partial charge in [-0.1, -0.05) is 170 Å². The van der Waals surface area contributed by atoms with Gasteiger partial charge in [0.1, 0.15) is 0 Å². The van der Waals surface area contributed by atoms with E-state index in [1.807, 2.05) is 30.3 Å². The lowest BCUT2D eigenvalue weighted by atomic mass is 9.96. The van der Waals surface area contributed by atoms with E-state index in [0.717, 1.165) is 82.4 Å². The first-order valence-corrected chi connectivity index (χ1v) is 22.8. The first-order valence-electron chi connectivity index (χ1n) is 21.1. The maximum absolute atomic E-state index is 16.0. The summed E-state index contributed by atoms with van der Waals surface area (Å²) in [6, 6.07) is 83.5. The number of hydrogen-bond acceptors (Lipinski definition) is 2. The number of hydrogen-bond donors (Lipinski definition) is 0. The van der Waals surface area contributed by atoms with Gasteiger partial charge in [0.25, 0.3) is 0 Å². The topological polar surface area (TPSA) is 25.2 Å². The van der Waals surface area contributed by atoms with E-state index < -0.39 is 7.14 Å². The average Bonchev–Trinajstić information content (AvgIpc) is 3.83. The Morgan fingerprint density at radius 3 is 1.44 bits per heavy atom. The van der Waals surface area contributed by atoms with Crippen molar-refractivity contribution in [1.82, 2.24) is 4.57 Å². The van der Waals surface area contributed by atoms with Gasteiger partial charge in [0, 0.05) is 60.6 Å². The van der Waals surface area contributed by atoms with Crippen molar-refractivity contribution in [2.45, 2.75) is 0 Å². The molecule has 4 heteroatoms. The fourth-order valence-electron chi connectivity index (χ4n) is 9.72. The second-order valence-electron chi connectivity index (χ2n) is 16.0.